The van der Waals surface area contributed by atoms with Crippen LogP contribution in [0.5, 0.6) is 0 Å². The SMILES string of the molecule is Cc1ccc(-n2nnnc2S[C@@H](C)C(=O)c2ccc(C(C)(C)C)cc2)c(C)c1. The molecule has 1 aromatic heterocycles. The van der Waals surface area contributed by atoms with Gasteiger partial charge in [-0.05, 0) is 53.8 Å². The van der Waals surface area contributed by atoms with Crippen LogP contribution in [0.15, 0.2) is 47.6 Å². The molecule has 0 bridgehead atoms. The van der Waals surface area contributed by atoms with Crippen LogP contribution in [0.2, 0.25) is 0 Å². The maximum absolute atomic E-state index is 12.9. The lowest BCUT2D eigenvalue weighted by Crippen LogP contribution is -2.16. The maximum atomic E-state index is 12.9. The monoisotopic (exact) mass is 394 g/mol. The van der Waals surface area contributed by atoms with Crippen LogP contribution in [0.3, 0.4) is 0 Å². The lowest BCUT2D eigenvalue weighted by atomic mass is 9.86. The molecule has 0 spiro atoms. The third kappa shape index (κ3) is 4.33. The van der Waals surface area contributed by atoms with Crippen LogP contribution >= 0.6 is 11.8 Å². The van der Waals surface area contributed by atoms with Crippen LogP contribution in [0.1, 0.15) is 54.7 Å². The molecule has 0 aliphatic rings. The Kier molecular flexibility index (Phi) is 5.70. The van der Waals surface area contributed by atoms with E-state index in [1.165, 1.54) is 22.9 Å². The van der Waals surface area contributed by atoms with Crippen molar-refractivity contribution in [3.05, 3.63) is 64.7 Å². The van der Waals surface area contributed by atoms with E-state index in [1.54, 1.807) is 4.68 Å². The van der Waals surface area contributed by atoms with Crippen molar-refractivity contribution in [2.75, 3.05) is 0 Å². The molecule has 0 unspecified atom stereocenters. The first kappa shape index (κ1) is 20.3. The Morgan fingerprint density at radius 3 is 2.36 bits per heavy atom. The van der Waals surface area contributed by atoms with Crippen molar-refractivity contribution in [2.24, 2.45) is 0 Å². The summed E-state index contributed by atoms with van der Waals surface area (Å²) in [4.78, 5) is 12.9. The number of carbonyl (C=O) groups excluding carboxylic acids is 1. The number of aromatic nitrogens is 4. The lowest BCUT2D eigenvalue weighted by molar-refractivity contribution is 0.0994. The Labute approximate surface area is 170 Å². The summed E-state index contributed by atoms with van der Waals surface area (Å²) in [7, 11) is 0. The van der Waals surface area contributed by atoms with E-state index in [0.29, 0.717) is 10.7 Å². The second-order valence-electron chi connectivity index (χ2n) is 8.11. The maximum Gasteiger partial charge on any atom is 0.214 e. The highest BCUT2D eigenvalue weighted by Gasteiger charge is 2.22. The fourth-order valence-electron chi connectivity index (χ4n) is 3.03. The molecule has 1 heterocycles. The van der Waals surface area contributed by atoms with Gasteiger partial charge >= 0.3 is 0 Å². The Bertz CT molecular complexity index is 987. The van der Waals surface area contributed by atoms with Crippen molar-refractivity contribution < 1.29 is 4.79 Å². The van der Waals surface area contributed by atoms with Gasteiger partial charge in [0, 0.05) is 5.56 Å². The van der Waals surface area contributed by atoms with Crippen LogP contribution in [0.25, 0.3) is 5.69 Å². The third-order valence-electron chi connectivity index (χ3n) is 4.71. The fraction of sp³-hybridized carbons (Fsp3) is 0.364. The second-order valence-corrected chi connectivity index (χ2v) is 9.42. The van der Waals surface area contributed by atoms with E-state index in [9.17, 15) is 4.79 Å². The van der Waals surface area contributed by atoms with Crippen molar-refractivity contribution in [2.45, 2.75) is 57.4 Å². The summed E-state index contributed by atoms with van der Waals surface area (Å²) in [6, 6.07) is 14.0. The van der Waals surface area contributed by atoms with Crippen LogP contribution in [-0.4, -0.2) is 31.2 Å². The summed E-state index contributed by atoms with van der Waals surface area (Å²) in [5, 5.41) is 12.4. The second kappa shape index (κ2) is 7.87. The minimum Gasteiger partial charge on any atom is -0.293 e. The number of Topliss-reactive ketones (excluding diaryl/α,β-unsaturated/α-hetero) is 1. The average Bonchev–Trinajstić information content (AvgIpc) is 3.08. The molecule has 6 heteroatoms. The standard InChI is InChI=1S/C22H26N4OS/c1-14-7-12-19(15(2)13-14)26-21(23-24-25-26)28-16(3)20(27)17-8-10-18(11-9-17)22(4,5)6/h7-13,16H,1-6H3/t16-/m0/s1. The number of aryl methyl sites for hydroxylation is 2. The van der Waals surface area contributed by atoms with Crippen LogP contribution < -0.4 is 0 Å². The molecule has 1 atom stereocenters. The van der Waals surface area contributed by atoms with Gasteiger partial charge in [0.05, 0.1) is 10.9 Å². The van der Waals surface area contributed by atoms with Crippen LogP contribution in [-0.2, 0) is 5.41 Å². The van der Waals surface area contributed by atoms with Gasteiger partial charge in [0.15, 0.2) is 5.78 Å². The van der Waals surface area contributed by atoms with Gasteiger partial charge in [0.2, 0.25) is 5.16 Å². The Morgan fingerprint density at radius 2 is 1.75 bits per heavy atom. The highest BCUT2D eigenvalue weighted by Crippen LogP contribution is 2.28. The van der Waals surface area contributed by atoms with Crippen molar-refractivity contribution >= 4 is 17.5 Å². The first-order chi connectivity index (χ1) is 13.2. The predicted molar refractivity (Wildman–Crippen MR) is 113 cm³/mol. The van der Waals surface area contributed by atoms with E-state index < -0.39 is 0 Å². The molecular weight excluding hydrogens is 368 g/mol. The summed E-state index contributed by atoms with van der Waals surface area (Å²) < 4.78 is 1.70. The van der Waals surface area contributed by atoms with E-state index in [0.717, 1.165) is 11.3 Å². The minimum absolute atomic E-state index is 0.0654. The van der Waals surface area contributed by atoms with Crippen molar-refractivity contribution in [3.8, 4) is 5.69 Å². The molecule has 0 saturated carbocycles. The molecule has 3 rings (SSSR count). The van der Waals surface area contributed by atoms with E-state index in [1.807, 2.05) is 50.2 Å². The number of rotatable bonds is 5. The smallest absolute Gasteiger partial charge is 0.214 e. The average molecular weight is 395 g/mol. The number of benzene rings is 2. The summed E-state index contributed by atoms with van der Waals surface area (Å²) in [5.41, 5.74) is 5.18. The first-order valence-corrected chi connectivity index (χ1v) is 10.2. The van der Waals surface area contributed by atoms with Crippen molar-refractivity contribution in [1.82, 2.24) is 20.2 Å². The van der Waals surface area contributed by atoms with Gasteiger partial charge in [-0.3, -0.25) is 4.79 Å². The molecule has 5 nitrogen and oxygen atoms in total. The number of hydrogen-bond donors (Lipinski definition) is 0. The van der Waals surface area contributed by atoms with Crippen molar-refractivity contribution in [3.63, 3.8) is 0 Å². The van der Waals surface area contributed by atoms with Gasteiger partial charge in [0.25, 0.3) is 0 Å². The number of ketones is 1. The van der Waals surface area contributed by atoms with Gasteiger partial charge in [0.1, 0.15) is 0 Å². The lowest BCUT2D eigenvalue weighted by Gasteiger charge is -2.19. The van der Waals surface area contributed by atoms with E-state index >= 15 is 0 Å². The molecule has 0 aliphatic heterocycles. The third-order valence-corrected chi connectivity index (χ3v) is 5.74. The topological polar surface area (TPSA) is 60.7 Å². The molecule has 3 aromatic rings. The van der Waals surface area contributed by atoms with E-state index in [2.05, 4.69) is 49.3 Å². The number of tetrazole rings is 1. The van der Waals surface area contributed by atoms with Crippen LogP contribution in [0.4, 0.5) is 0 Å². The summed E-state index contributed by atoms with van der Waals surface area (Å²) in [6.45, 7) is 12.5. The zero-order valence-corrected chi connectivity index (χ0v) is 18.0. The highest BCUT2D eigenvalue weighted by atomic mass is 32.2. The molecule has 0 amide bonds. The molecular formula is C22H26N4OS. The van der Waals surface area contributed by atoms with Gasteiger partial charge in [-0.25, -0.2) is 0 Å². The Morgan fingerprint density at radius 1 is 1.07 bits per heavy atom. The molecule has 0 aliphatic carbocycles. The number of carbonyl (C=O) groups is 1. The molecule has 0 radical (unpaired) electrons. The molecule has 0 N–H and O–H groups in total. The number of hydrogen-bond acceptors (Lipinski definition) is 5. The Hall–Kier alpha value is -2.47. The van der Waals surface area contributed by atoms with Gasteiger partial charge in [-0.1, -0.05) is 74.5 Å². The Balaban J connectivity index is 1.79. The quantitative estimate of drug-likeness (QED) is 0.453. The van der Waals surface area contributed by atoms with E-state index in [4.69, 9.17) is 0 Å². The molecule has 28 heavy (non-hydrogen) atoms. The minimum atomic E-state index is -0.295. The molecule has 0 saturated heterocycles. The zero-order chi connectivity index (χ0) is 20.5. The predicted octanol–water partition coefficient (Wildman–Crippen LogP) is 4.94. The summed E-state index contributed by atoms with van der Waals surface area (Å²) in [5.74, 6) is 0.0700. The summed E-state index contributed by atoms with van der Waals surface area (Å²) in [6.07, 6.45) is 0. The number of nitrogens with zero attached hydrogens (tertiary/aromatic N) is 4. The van der Waals surface area contributed by atoms with Gasteiger partial charge in [-0.15, -0.1) is 5.10 Å². The normalized spacial score (nSPS) is 12.8. The zero-order valence-electron chi connectivity index (χ0n) is 17.2. The molecule has 146 valence electrons. The van der Waals surface area contributed by atoms with E-state index in [-0.39, 0.29) is 16.4 Å². The largest absolute Gasteiger partial charge is 0.293 e. The molecule has 0 fully saturated rings. The fourth-order valence-corrected chi connectivity index (χ4v) is 3.91. The van der Waals surface area contributed by atoms with Crippen molar-refractivity contribution in [1.29, 1.82) is 0 Å². The highest BCUT2D eigenvalue weighted by molar-refractivity contribution is 8.00. The van der Waals surface area contributed by atoms with Crippen LogP contribution in [0, 0.1) is 13.8 Å². The summed E-state index contributed by atoms with van der Waals surface area (Å²) >= 11 is 1.37. The van der Waals surface area contributed by atoms with Gasteiger partial charge in [-0.2, -0.15) is 4.68 Å². The molecule has 2 aromatic carbocycles. The number of thioether (sulfide) groups is 1. The first-order valence-electron chi connectivity index (χ1n) is 9.34. The van der Waals surface area contributed by atoms with Gasteiger partial charge < -0.3 is 0 Å².